The first kappa shape index (κ1) is 20.9. The summed E-state index contributed by atoms with van der Waals surface area (Å²) in [7, 11) is 1.07. The van der Waals surface area contributed by atoms with Crippen molar-refractivity contribution >= 4 is 11.8 Å². The highest BCUT2D eigenvalue weighted by molar-refractivity contribution is 5.96. The number of anilines is 1. The van der Waals surface area contributed by atoms with Gasteiger partial charge in [0.05, 0.1) is 24.8 Å². The quantitative estimate of drug-likeness (QED) is 0.544. The number of hydrogen-bond acceptors (Lipinski definition) is 4. The maximum atomic E-state index is 13.2. The van der Waals surface area contributed by atoms with Gasteiger partial charge in [0, 0.05) is 13.1 Å². The van der Waals surface area contributed by atoms with E-state index < -0.39 is 36.1 Å². The van der Waals surface area contributed by atoms with Crippen molar-refractivity contribution in [3.63, 3.8) is 0 Å². The summed E-state index contributed by atoms with van der Waals surface area (Å²) in [5.74, 6) is -0.804. The van der Waals surface area contributed by atoms with E-state index in [0.717, 1.165) is 7.11 Å². The molecule has 5 nitrogen and oxygen atoms in total. The van der Waals surface area contributed by atoms with Crippen molar-refractivity contribution in [1.29, 1.82) is 0 Å². The maximum absolute atomic E-state index is 13.2. The summed E-state index contributed by atoms with van der Waals surface area (Å²) in [5.41, 5.74) is -3.55. The number of nitrogens with zero attached hydrogens (tertiary/aromatic N) is 3. The van der Waals surface area contributed by atoms with Gasteiger partial charge < -0.3 is 9.64 Å². The van der Waals surface area contributed by atoms with Crippen molar-refractivity contribution in [1.82, 2.24) is 9.78 Å². The van der Waals surface area contributed by atoms with E-state index in [4.69, 9.17) is 0 Å². The molecule has 1 aromatic heterocycles. The topological polar surface area (TPSA) is 47.4 Å². The monoisotopic (exact) mass is 425 g/mol. The Bertz CT molecular complexity index is 902. The lowest BCUT2D eigenvalue weighted by Gasteiger charge is -2.21. The second-order valence-corrected chi connectivity index (χ2v) is 6.33. The molecule has 1 aliphatic heterocycles. The van der Waals surface area contributed by atoms with E-state index in [1.54, 1.807) is 0 Å². The van der Waals surface area contributed by atoms with Crippen LogP contribution in [0.4, 0.5) is 36.6 Å². The number of halogens is 7. The molecule has 1 aliphatic rings. The molecule has 0 radical (unpaired) electrons. The zero-order chi connectivity index (χ0) is 21.6. The van der Waals surface area contributed by atoms with E-state index in [2.05, 4.69) is 9.84 Å². The van der Waals surface area contributed by atoms with Crippen LogP contribution in [-0.2, 0) is 36.9 Å². The predicted octanol–water partition coefficient (Wildman–Crippen LogP) is 4.20. The van der Waals surface area contributed by atoms with Crippen LogP contribution < -0.4 is 4.90 Å². The van der Waals surface area contributed by atoms with Crippen LogP contribution in [0.5, 0.6) is 0 Å². The van der Waals surface area contributed by atoms with Crippen LogP contribution in [0.15, 0.2) is 18.2 Å². The predicted molar refractivity (Wildman–Crippen MR) is 85.9 cm³/mol. The molecule has 0 saturated carbocycles. The summed E-state index contributed by atoms with van der Waals surface area (Å²) in [6, 6.07) is 1.27. The molecule has 0 N–H and O–H groups in total. The third kappa shape index (κ3) is 4.01. The number of fused-ring (bicyclic) bond motifs is 1. The number of alkyl halides is 7. The zero-order valence-corrected chi connectivity index (χ0v) is 14.9. The smallest absolute Gasteiger partial charge is 0.416 e. The van der Waals surface area contributed by atoms with Gasteiger partial charge in [-0.3, -0.25) is 0 Å². The average molecular weight is 425 g/mol. The molecule has 0 fully saturated rings. The Hall–Kier alpha value is -2.79. The van der Waals surface area contributed by atoms with Gasteiger partial charge in [0.2, 0.25) is 0 Å². The van der Waals surface area contributed by atoms with Crippen LogP contribution in [0.3, 0.4) is 0 Å². The standard InChI is InChI=1S/C17H14F7N3O2/c1-29-15(28)13-12(7-18)25-27-3-2-26(14(13)27)8-9-4-10(16(19,20)21)6-11(5-9)17(22,23)24/h4-6H,2-3,7-8H2,1H3. The van der Waals surface area contributed by atoms with Crippen molar-refractivity contribution in [3.8, 4) is 0 Å². The molecule has 1 aromatic carbocycles. The Morgan fingerprint density at radius 3 is 2.14 bits per heavy atom. The molecular formula is C17H14F7N3O2. The largest absolute Gasteiger partial charge is 0.465 e. The van der Waals surface area contributed by atoms with Gasteiger partial charge in [0.1, 0.15) is 23.7 Å². The lowest BCUT2D eigenvalue weighted by molar-refractivity contribution is -0.143. The van der Waals surface area contributed by atoms with Crippen molar-refractivity contribution < 1.29 is 40.3 Å². The number of benzene rings is 1. The Kier molecular flexibility index (Phi) is 5.22. The van der Waals surface area contributed by atoms with Gasteiger partial charge in [-0.1, -0.05) is 0 Å². The van der Waals surface area contributed by atoms with Gasteiger partial charge >= 0.3 is 18.3 Å². The number of hydrogen-bond donors (Lipinski definition) is 0. The van der Waals surface area contributed by atoms with E-state index in [-0.39, 0.29) is 48.3 Å². The molecule has 0 amide bonds. The molecule has 0 aliphatic carbocycles. The van der Waals surface area contributed by atoms with E-state index in [1.165, 1.54) is 9.58 Å². The molecule has 0 unspecified atom stereocenters. The second kappa shape index (κ2) is 7.23. The van der Waals surface area contributed by atoms with Gasteiger partial charge in [-0.2, -0.15) is 31.4 Å². The van der Waals surface area contributed by atoms with Crippen LogP contribution in [0.1, 0.15) is 32.7 Å². The van der Waals surface area contributed by atoms with Gasteiger partial charge in [-0.05, 0) is 23.8 Å². The number of esters is 1. The fourth-order valence-electron chi connectivity index (χ4n) is 3.19. The molecule has 0 bridgehead atoms. The Morgan fingerprint density at radius 1 is 1.07 bits per heavy atom. The Balaban J connectivity index is 2.03. The number of carbonyl (C=O) groups is 1. The highest BCUT2D eigenvalue weighted by Gasteiger charge is 2.38. The first-order chi connectivity index (χ1) is 13.5. The normalized spacial score (nSPS) is 14.3. The highest BCUT2D eigenvalue weighted by Crippen LogP contribution is 2.37. The number of methoxy groups -OCH3 is 1. The molecule has 158 valence electrons. The minimum absolute atomic E-state index is 0.0405. The van der Waals surface area contributed by atoms with Crippen molar-refractivity contribution in [3.05, 3.63) is 46.1 Å². The first-order valence-corrected chi connectivity index (χ1v) is 8.23. The van der Waals surface area contributed by atoms with Crippen molar-refractivity contribution in [2.24, 2.45) is 0 Å². The lowest BCUT2D eigenvalue weighted by atomic mass is 10.0. The van der Waals surface area contributed by atoms with Crippen LogP contribution in [0.25, 0.3) is 0 Å². The molecule has 3 rings (SSSR count). The summed E-state index contributed by atoms with van der Waals surface area (Å²) < 4.78 is 97.4. The summed E-state index contributed by atoms with van der Waals surface area (Å²) in [4.78, 5) is 13.4. The summed E-state index contributed by atoms with van der Waals surface area (Å²) in [6.45, 7) is -1.10. The zero-order valence-electron chi connectivity index (χ0n) is 14.9. The molecular weight excluding hydrogens is 411 g/mol. The van der Waals surface area contributed by atoms with Crippen molar-refractivity contribution in [2.75, 3.05) is 18.6 Å². The second-order valence-electron chi connectivity index (χ2n) is 6.33. The fraction of sp³-hybridized carbons (Fsp3) is 0.412. The molecule has 0 spiro atoms. The molecule has 2 aromatic rings. The number of rotatable bonds is 4. The molecule has 0 saturated heterocycles. The van der Waals surface area contributed by atoms with E-state index in [0.29, 0.717) is 12.1 Å². The van der Waals surface area contributed by atoms with Gasteiger partial charge in [-0.15, -0.1) is 0 Å². The van der Waals surface area contributed by atoms with Crippen LogP contribution in [0.2, 0.25) is 0 Å². The van der Waals surface area contributed by atoms with Gasteiger partial charge in [0.15, 0.2) is 0 Å². The van der Waals surface area contributed by atoms with Gasteiger partial charge in [-0.25, -0.2) is 13.9 Å². The summed E-state index contributed by atoms with van der Waals surface area (Å²) in [6.07, 6.45) is -9.94. The molecule has 2 heterocycles. The molecule has 12 heteroatoms. The lowest BCUT2D eigenvalue weighted by Crippen LogP contribution is -2.23. The van der Waals surface area contributed by atoms with Gasteiger partial charge in [0.25, 0.3) is 0 Å². The molecule has 29 heavy (non-hydrogen) atoms. The summed E-state index contributed by atoms with van der Waals surface area (Å²) in [5, 5.41) is 3.92. The van der Waals surface area contributed by atoms with E-state index >= 15 is 0 Å². The minimum atomic E-state index is -4.97. The average Bonchev–Trinajstić information content (AvgIpc) is 3.18. The SMILES string of the molecule is COC(=O)c1c(CF)nn2c1N(Cc1cc(C(F)(F)F)cc(C(F)(F)F)c1)CC2. The van der Waals surface area contributed by atoms with Crippen LogP contribution >= 0.6 is 0 Å². The third-order valence-corrected chi connectivity index (χ3v) is 4.42. The van der Waals surface area contributed by atoms with Crippen molar-refractivity contribution in [2.45, 2.75) is 32.1 Å². The third-order valence-electron chi connectivity index (χ3n) is 4.42. The molecule has 0 atom stereocenters. The first-order valence-electron chi connectivity index (χ1n) is 8.23. The highest BCUT2D eigenvalue weighted by atomic mass is 19.4. The van der Waals surface area contributed by atoms with Crippen LogP contribution in [0, 0.1) is 0 Å². The maximum Gasteiger partial charge on any atom is 0.416 e. The Labute approximate surface area is 159 Å². The van der Waals surface area contributed by atoms with E-state index in [9.17, 15) is 35.5 Å². The van der Waals surface area contributed by atoms with E-state index in [1.807, 2.05) is 0 Å². The number of carbonyl (C=O) groups excluding carboxylic acids is 1. The minimum Gasteiger partial charge on any atom is -0.465 e. The summed E-state index contributed by atoms with van der Waals surface area (Å²) >= 11 is 0. The fourth-order valence-corrected chi connectivity index (χ4v) is 3.19. The number of ether oxygens (including phenoxy) is 1. The number of aromatic nitrogens is 2. The van der Waals surface area contributed by atoms with Crippen LogP contribution in [-0.4, -0.2) is 29.4 Å². The Morgan fingerprint density at radius 2 is 1.66 bits per heavy atom.